The Morgan fingerprint density at radius 1 is 1.18 bits per heavy atom. The molecule has 1 aromatic rings. The van der Waals surface area contributed by atoms with Crippen LogP contribution in [0.2, 0.25) is 0 Å². The van der Waals surface area contributed by atoms with Crippen molar-refractivity contribution in [2.45, 2.75) is 13.0 Å². The summed E-state index contributed by atoms with van der Waals surface area (Å²) < 4.78 is 16.6. The van der Waals surface area contributed by atoms with Gasteiger partial charge in [-0.2, -0.15) is 0 Å². The molecule has 17 heavy (non-hydrogen) atoms. The van der Waals surface area contributed by atoms with Crippen LogP contribution in [-0.2, 0) is 4.74 Å². The van der Waals surface area contributed by atoms with Gasteiger partial charge in [-0.1, -0.05) is 13.0 Å². The maximum absolute atomic E-state index is 5.90. The van der Waals surface area contributed by atoms with Crippen LogP contribution in [0, 0.1) is 5.92 Å². The number of fused-ring (bicyclic) bond motifs is 1. The average molecular weight is 235 g/mol. The van der Waals surface area contributed by atoms with E-state index >= 15 is 0 Å². The minimum Gasteiger partial charge on any atom is -0.454 e. The van der Waals surface area contributed by atoms with E-state index in [0.717, 1.165) is 36.8 Å². The van der Waals surface area contributed by atoms with Gasteiger partial charge in [0, 0.05) is 13.1 Å². The van der Waals surface area contributed by atoms with Gasteiger partial charge in [-0.3, -0.25) is 0 Å². The lowest BCUT2D eigenvalue weighted by atomic mass is 10.1. The van der Waals surface area contributed by atoms with Gasteiger partial charge < -0.3 is 19.5 Å². The van der Waals surface area contributed by atoms with Gasteiger partial charge >= 0.3 is 0 Å². The van der Waals surface area contributed by atoms with Crippen LogP contribution in [0.3, 0.4) is 0 Å². The van der Waals surface area contributed by atoms with Crippen LogP contribution in [0.15, 0.2) is 18.2 Å². The maximum atomic E-state index is 5.90. The molecule has 1 fully saturated rings. The molecule has 0 aromatic heterocycles. The van der Waals surface area contributed by atoms with Crippen molar-refractivity contribution in [3.05, 3.63) is 23.8 Å². The van der Waals surface area contributed by atoms with Gasteiger partial charge in [0.25, 0.3) is 0 Å². The quantitative estimate of drug-likeness (QED) is 0.804. The van der Waals surface area contributed by atoms with E-state index in [1.165, 1.54) is 0 Å². The standard InChI is InChI=1S/C13H17NO3/c1-9-5-14-6-13(15-7-9)10-2-3-11-12(4-10)17-8-16-11/h2-4,9,13-14H,5-8H2,1H3. The number of hydrogen-bond donors (Lipinski definition) is 1. The van der Waals surface area contributed by atoms with E-state index < -0.39 is 0 Å². The Balaban J connectivity index is 1.79. The second kappa shape index (κ2) is 4.55. The molecule has 2 heterocycles. The summed E-state index contributed by atoms with van der Waals surface area (Å²) in [5.41, 5.74) is 1.15. The third-order valence-electron chi connectivity index (χ3n) is 3.17. The van der Waals surface area contributed by atoms with Crippen LogP contribution in [-0.4, -0.2) is 26.5 Å². The maximum Gasteiger partial charge on any atom is 0.231 e. The van der Waals surface area contributed by atoms with Crippen LogP contribution in [0.4, 0.5) is 0 Å². The largest absolute Gasteiger partial charge is 0.454 e. The first-order valence-corrected chi connectivity index (χ1v) is 6.05. The summed E-state index contributed by atoms with van der Waals surface area (Å²) in [6, 6.07) is 6.02. The third-order valence-corrected chi connectivity index (χ3v) is 3.17. The van der Waals surface area contributed by atoms with Crippen molar-refractivity contribution in [2.75, 3.05) is 26.5 Å². The lowest BCUT2D eigenvalue weighted by molar-refractivity contribution is 0.0514. The smallest absolute Gasteiger partial charge is 0.231 e. The number of ether oxygens (including phenoxy) is 3. The molecule has 1 aromatic carbocycles. The van der Waals surface area contributed by atoms with E-state index in [9.17, 15) is 0 Å². The first-order chi connectivity index (χ1) is 8.33. The predicted molar refractivity (Wildman–Crippen MR) is 63.3 cm³/mol. The summed E-state index contributed by atoms with van der Waals surface area (Å²) in [5, 5.41) is 3.42. The molecule has 2 aliphatic heterocycles. The molecule has 2 unspecified atom stereocenters. The Morgan fingerprint density at radius 3 is 3.00 bits per heavy atom. The van der Waals surface area contributed by atoms with Gasteiger partial charge in [0.15, 0.2) is 11.5 Å². The highest BCUT2D eigenvalue weighted by atomic mass is 16.7. The van der Waals surface area contributed by atoms with E-state index in [1.54, 1.807) is 0 Å². The van der Waals surface area contributed by atoms with Crippen molar-refractivity contribution >= 4 is 0 Å². The van der Waals surface area contributed by atoms with Crippen LogP contribution in [0.25, 0.3) is 0 Å². The van der Waals surface area contributed by atoms with Gasteiger partial charge in [0.1, 0.15) is 0 Å². The molecule has 0 saturated carbocycles. The average Bonchev–Trinajstić information content (AvgIpc) is 2.70. The molecule has 92 valence electrons. The first-order valence-electron chi connectivity index (χ1n) is 6.05. The van der Waals surface area contributed by atoms with Gasteiger partial charge in [0.05, 0.1) is 12.7 Å². The van der Waals surface area contributed by atoms with Gasteiger partial charge in [-0.25, -0.2) is 0 Å². The molecule has 2 atom stereocenters. The Kier molecular flexibility index (Phi) is 2.91. The van der Waals surface area contributed by atoms with Crippen LogP contribution in [0.5, 0.6) is 11.5 Å². The zero-order chi connectivity index (χ0) is 11.7. The van der Waals surface area contributed by atoms with E-state index in [4.69, 9.17) is 14.2 Å². The lowest BCUT2D eigenvalue weighted by Gasteiger charge is -2.16. The topological polar surface area (TPSA) is 39.7 Å². The lowest BCUT2D eigenvalue weighted by Crippen LogP contribution is -2.22. The summed E-state index contributed by atoms with van der Waals surface area (Å²) in [4.78, 5) is 0. The summed E-state index contributed by atoms with van der Waals surface area (Å²) in [7, 11) is 0. The molecule has 2 aliphatic rings. The fourth-order valence-electron chi connectivity index (χ4n) is 2.19. The minimum atomic E-state index is 0.106. The van der Waals surface area contributed by atoms with E-state index in [0.29, 0.717) is 12.7 Å². The molecule has 0 radical (unpaired) electrons. The Labute approximate surface area is 101 Å². The van der Waals surface area contributed by atoms with Crippen molar-refractivity contribution in [3.8, 4) is 11.5 Å². The Morgan fingerprint density at radius 2 is 2.06 bits per heavy atom. The van der Waals surface area contributed by atoms with Gasteiger partial charge in [-0.05, 0) is 23.6 Å². The van der Waals surface area contributed by atoms with Crippen molar-refractivity contribution < 1.29 is 14.2 Å². The number of benzene rings is 1. The predicted octanol–water partition coefficient (Wildman–Crippen LogP) is 1.71. The number of rotatable bonds is 1. The first kappa shape index (κ1) is 10.9. The summed E-state index contributed by atoms with van der Waals surface area (Å²) in [5.74, 6) is 2.21. The summed E-state index contributed by atoms with van der Waals surface area (Å²) >= 11 is 0. The van der Waals surface area contributed by atoms with Crippen molar-refractivity contribution in [3.63, 3.8) is 0 Å². The second-order valence-electron chi connectivity index (χ2n) is 4.70. The van der Waals surface area contributed by atoms with E-state index in [-0.39, 0.29) is 6.10 Å². The third kappa shape index (κ3) is 2.23. The van der Waals surface area contributed by atoms with E-state index in [2.05, 4.69) is 18.3 Å². The van der Waals surface area contributed by atoms with Crippen molar-refractivity contribution in [1.29, 1.82) is 0 Å². The summed E-state index contributed by atoms with van der Waals surface area (Å²) in [6.45, 7) is 5.17. The van der Waals surface area contributed by atoms with E-state index in [1.807, 2.05) is 12.1 Å². The normalized spacial score (nSPS) is 27.8. The van der Waals surface area contributed by atoms with Crippen LogP contribution >= 0.6 is 0 Å². The molecule has 0 amide bonds. The van der Waals surface area contributed by atoms with Crippen LogP contribution in [0.1, 0.15) is 18.6 Å². The number of hydrogen-bond acceptors (Lipinski definition) is 4. The fraction of sp³-hybridized carbons (Fsp3) is 0.538. The molecular weight excluding hydrogens is 218 g/mol. The molecular formula is C13H17NO3. The second-order valence-corrected chi connectivity index (χ2v) is 4.70. The Bertz CT molecular complexity index is 408. The molecule has 0 bridgehead atoms. The Hall–Kier alpha value is -1.26. The SMILES string of the molecule is CC1CNCC(c2ccc3c(c2)OCO3)OC1. The molecule has 1 saturated heterocycles. The summed E-state index contributed by atoms with van der Waals surface area (Å²) in [6.07, 6.45) is 0.106. The fourth-order valence-corrected chi connectivity index (χ4v) is 2.19. The monoisotopic (exact) mass is 235 g/mol. The minimum absolute atomic E-state index is 0.106. The highest BCUT2D eigenvalue weighted by Crippen LogP contribution is 2.35. The molecule has 4 heteroatoms. The van der Waals surface area contributed by atoms with Crippen molar-refractivity contribution in [1.82, 2.24) is 5.32 Å². The van der Waals surface area contributed by atoms with Gasteiger partial charge in [0.2, 0.25) is 6.79 Å². The highest BCUT2D eigenvalue weighted by molar-refractivity contribution is 5.45. The van der Waals surface area contributed by atoms with Crippen LogP contribution < -0.4 is 14.8 Å². The highest BCUT2D eigenvalue weighted by Gasteiger charge is 2.21. The molecule has 3 rings (SSSR count). The number of nitrogens with one attached hydrogen (secondary N) is 1. The van der Waals surface area contributed by atoms with Gasteiger partial charge in [-0.15, -0.1) is 0 Å². The molecule has 0 aliphatic carbocycles. The van der Waals surface area contributed by atoms with Crippen molar-refractivity contribution in [2.24, 2.45) is 5.92 Å². The molecule has 0 spiro atoms. The zero-order valence-corrected chi connectivity index (χ0v) is 9.94. The molecule has 1 N–H and O–H groups in total. The zero-order valence-electron chi connectivity index (χ0n) is 9.94. The molecule has 4 nitrogen and oxygen atoms in total.